The maximum Gasteiger partial charge on any atom is 0.119 e. The molecule has 0 amide bonds. The number of rotatable bonds is 31. The number of epoxide rings is 3. The van der Waals surface area contributed by atoms with Crippen molar-refractivity contribution in [2.45, 2.75) is 122 Å². The summed E-state index contributed by atoms with van der Waals surface area (Å²) in [5.74, 6) is 4.40. The van der Waals surface area contributed by atoms with Gasteiger partial charge < -0.3 is 62.3 Å². The fourth-order valence-corrected chi connectivity index (χ4v) is 8.76. The van der Waals surface area contributed by atoms with Crippen molar-refractivity contribution in [2.24, 2.45) is 0 Å². The van der Waals surface area contributed by atoms with Gasteiger partial charge >= 0.3 is 0 Å². The Bertz CT molecular complexity index is 2690. The Hall–Kier alpha value is -6.16. The van der Waals surface area contributed by atoms with Gasteiger partial charge in [-0.25, -0.2) is 0 Å². The van der Waals surface area contributed by atoms with Crippen LogP contribution < -0.4 is 28.4 Å². The Kier molecular flexibility index (Phi) is 22.7. The van der Waals surface area contributed by atoms with Crippen LogP contribution in [-0.2, 0) is 39.9 Å². The Morgan fingerprint density at radius 3 is 0.850 bits per heavy atom. The zero-order valence-corrected chi connectivity index (χ0v) is 48.7. The lowest BCUT2D eigenvalue weighted by Crippen LogP contribution is -2.34. The minimum absolute atomic E-state index is 0.00140. The molecule has 0 radical (unpaired) electrons. The van der Waals surface area contributed by atoms with E-state index in [4.69, 9.17) is 52.1 Å². The third-order valence-electron chi connectivity index (χ3n) is 14.4. The van der Waals surface area contributed by atoms with Crippen LogP contribution in [0.15, 0.2) is 146 Å². The molecule has 13 nitrogen and oxygen atoms in total. The Morgan fingerprint density at radius 1 is 0.350 bits per heavy atom. The smallest absolute Gasteiger partial charge is 0.119 e. The van der Waals surface area contributed by atoms with E-state index in [2.05, 4.69) is 90.1 Å². The molecule has 3 aliphatic rings. The summed E-state index contributed by atoms with van der Waals surface area (Å²) in [7, 11) is 0. The number of aliphatic hydroxyl groups is 2. The van der Waals surface area contributed by atoms with E-state index in [0.717, 1.165) is 70.4 Å². The predicted molar refractivity (Wildman–Crippen MR) is 312 cm³/mol. The van der Waals surface area contributed by atoms with Crippen LogP contribution in [0.3, 0.4) is 0 Å². The van der Waals surface area contributed by atoms with E-state index in [0.29, 0.717) is 37.1 Å². The highest BCUT2D eigenvalue weighted by Gasteiger charge is 2.29. The van der Waals surface area contributed by atoms with Gasteiger partial charge in [0.25, 0.3) is 0 Å². The summed E-state index contributed by atoms with van der Waals surface area (Å²) in [5.41, 5.74) is 6.04. The zero-order valence-electron chi connectivity index (χ0n) is 48.7. The van der Waals surface area contributed by atoms with Gasteiger partial charge in [-0.3, -0.25) is 0 Å². The highest BCUT2D eigenvalue weighted by atomic mass is 16.6. The van der Waals surface area contributed by atoms with E-state index in [9.17, 15) is 10.2 Å². The molecule has 3 aliphatic heterocycles. The fourth-order valence-electron chi connectivity index (χ4n) is 8.76. The maximum absolute atomic E-state index is 11.1. The van der Waals surface area contributed by atoms with E-state index in [1.165, 1.54) is 0 Å². The topological polar surface area (TPSA) is 152 Å². The first kappa shape index (κ1) is 61.5. The van der Waals surface area contributed by atoms with Gasteiger partial charge in [-0.15, -0.1) is 0 Å². The average Bonchev–Trinajstić information content (AvgIpc) is 4.35. The van der Waals surface area contributed by atoms with Gasteiger partial charge in [0.2, 0.25) is 0 Å². The molecule has 2 N–H and O–H groups in total. The lowest BCUT2D eigenvalue weighted by atomic mass is 9.78. The normalized spacial score (nSPS) is 17.5. The molecule has 0 bridgehead atoms. The summed E-state index contributed by atoms with van der Waals surface area (Å²) in [6.45, 7) is 25.3. The van der Waals surface area contributed by atoms with Crippen molar-refractivity contribution in [1.29, 1.82) is 0 Å². The molecule has 3 saturated heterocycles. The zero-order chi connectivity index (χ0) is 57.1. The summed E-state index contributed by atoms with van der Waals surface area (Å²) in [5, 5.41) is 22.0. The molecule has 6 atom stereocenters. The fraction of sp³-hybridized carbons (Fsp3) is 0.463. The monoisotopic (exact) mass is 1100 g/mol. The quantitative estimate of drug-likeness (QED) is 0.0398. The van der Waals surface area contributed by atoms with Gasteiger partial charge in [-0.05, 0) is 106 Å². The summed E-state index contributed by atoms with van der Waals surface area (Å²) in [6.07, 6.45) is -1.82. The van der Waals surface area contributed by atoms with Gasteiger partial charge in [-0.1, -0.05) is 142 Å². The standard InChI is InChI=1S/C63H74O13.2C2H6/c1-61(2,46-13-25-54(26-14-46)71-37-58-40-74-58)43-7-19-51(20-8-43)67-32-49(64)31-66-35-57(36-70-53-23-11-45(12-24-53)63(5,6)48-17-29-56(30-18-48)73-39-60-42-76-60)69-34-50(65)33-68-52-21-9-44(10-22-52)62(3,4)47-15-27-55(28-16-47)72-38-59-41-75-59;2*1-2/h7-30,49-50,57-60,64-65H,31-42H2,1-6H3;2*1-2H3. The molecule has 13 heteroatoms. The van der Waals surface area contributed by atoms with Crippen molar-refractivity contribution >= 4 is 0 Å². The third kappa shape index (κ3) is 18.4. The molecule has 432 valence electrons. The van der Waals surface area contributed by atoms with Crippen LogP contribution in [0.2, 0.25) is 0 Å². The highest BCUT2D eigenvalue weighted by Crippen LogP contribution is 2.37. The minimum Gasteiger partial charge on any atom is -0.491 e. The second-order valence-electron chi connectivity index (χ2n) is 21.6. The largest absolute Gasteiger partial charge is 0.491 e. The van der Waals surface area contributed by atoms with Crippen LogP contribution >= 0.6 is 0 Å². The van der Waals surface area contributed by atoms with Gasteiger partial charge in [0.05, 0.1) is 39.6 Å². The second-order valence-corrected chi connectivity index (χ2v) is 21.6. The molecule has 3 heterocycles. The van der Waals surface area contributed by atoms with Crippen molar-refractivity contribution in [3.05, 3.63) is 179 Å². The van der Waals surface area contributed by atoms with Crippen LogP contribution in [0.25, 0.3) is 0 Å². The number of ether oxygens (including phenoxy) is 11. The summed E-state index contributed by atoms with van der Waals surface area (Å²) in [4.78, 5) is 0. The SMILES string of the molecule is CC.CC.CC(C)(c1ccc(OCC(O)COCC(COc2ccc(C(C)(C)c3ccc(OCC4CO4)cc3)cc2)OCC(O)COc2ccc(C(C)(C)c3ccc(OCC4CO4)cc3)cc2)cc1)c1ccc(OCC2CO2)cc1. The molecule has 6 unspecified atom stereocenters. The molecule has 0 aromatic heterocycles. The molecule has 6 aromatic rings. The number of benzene rings is 6. The number of aliphatic hydroxyl groups excluding tert-OH is 2. The first-order valence-electron chi connectivity index (χ1n) is 28.5. The Balaban J connectivity index is 0.00000226. The number of hydrogen-bond acceptors (Lipinski definition) is 13. The average molecular weight is 1100 g/mol. The molecular weight excluding hydrogens is 1010 g/mol. The van der Waals surface area contributed by atoms with E-state index < -0.39 is 18.3 Å². The van der Waals surface area contributed by atoms with Crippen molar-refractivity contribution in [3.63, 3.8) is 0 Å². The van der Waals surface area contributed by atoms with Crippen LogP contribution in [0, 0.1) is 0 Å². The number of hydrogen-bond donors (Lipinski definition) is 2. The Morgan fingerprint density at radius 2 is 0.588 bits per heavy atom. The molecule has 0 spiro atoms. The summed E-state index contributed by atoms with van der Waals surface area (Å²) >= 11 is 0. The predicted octanol–water partition coefficient (Wildman–Crippen LogP) is 11.7. The third-order valence-corrected chi connectivity index (χ3v) is 14.4. The summed E-state index contributed by atoms with van der Waals surface area (Å²) in [6, 6.07) is 48.5. The molecule has 9 rings (SSSR count). The van der Waals surface area contributed by atoms with Crippen LogP contribution in [0.1, 0.15) is 103 Å². The van der Waals surface area contributed by atoms with Crippen molar-refractivity contribution in [3.8, 4) is 34.5 Å². The molecule has 3 fully saturated rings. The molecule has 6 aromatic carbocycles. The van der Waals surface area contributed by atoms with E-state index >= 15 is 0 Å². The van der Waals surface area contributed by atoms with Gasteiger partial charge in [0, 0.05) is 16.2 Å². The molecule has 0 saturated carbocycles. The summed E-state index contributed by atoms with van der Waals surface area (Å²) < 4.78 is 63.8. The van der Waals surface area contributed by atoms with Crippen LogP contribution in [-0.4, -0.2) is 126 Å². The van der Waals surface area contributed by atoms with Crippen LogP contribution in [0.4, 0.5) is 0 Å². The van der Waals surface area contributed by atoms with Crippen molar-refractivity contribution in [2.75, 3.05) is 79.3 Å². The van der Waals surface area contributed by atoms with E-state index in [1.54, 1.807) is 0 Å². The minimum atomic E-state index is -0.941. The lowest BCUT2D eigenvalue weighted by Gasteiger charge is -2.27. The molecular formula is C67H86O13. The molecule has 0 aliphatic carbocycles. The van der Waals surface area contributed by atoms with E-state index in [-0.39, 0.29) is 74.2 Å². The maximum atomic E-state index is 11.1. The Labute approximate surface area is 475 Å². The molecule has 80 heavy (non-hydrogen) atoms. The first-order valence-corrected chi connectivity index (χ1v) is 28.5. The lowest BCUT2D eigenvalue weighted by molar-refractivity contribution is -0.0825. The van der Waals surface area contributed by atoms with Crippen molar-refractivity contribution < 1.29 is 62.3 Å². The second kappa shape index (κ2) is 29.5. The van der Waals surface area contributed by atoms with Crippen molar-refractivity contribution in [1.82, 2.24) is 0 Å². The van der Waals surface area contributed by atoms with Gasteiger partial charge in [0.1, 0.15) is 111 Å². The first-order chi connectivity index (χ1) is 38.7. The highest BCUT2D eigenvalue weighted by molar-refractivity contribution is 5.45. The van der Waals surface area contributed by atoms with Gasteiger partial charge in [0.15, 0.2) is 0 Å². The van der Waals surface area contributed by atoms with Gasteiger partial charge in [-0.2, -0.15) is 0 Å². The van der Waals surface area contributed by atoms with Crippen LogP contribution in [0.5, 0.6) is 34.5 Å². The van der Waals surface area contributed by atoms with E-state index in [1.807, 2.05) is 125 Å².